The van der Waals surface area contributed by atoms with Gasteiger partial charge in [-0.1, -0.05) is 29.8 Å². The maximum Gasteiger partial charge on any atom is 0.340 e. The van der Waals surface area contributed by atoms with E-state index in [1.807, 2.05) is 24.3 Å². The van der Waals surface area contributed by atoms with Gasteiger partial charge in [-0.25, -0.2) is 9.78 Å². The highest BCUT2D eigenvalue weighted by Gasteiger charge is 2.15. The van der Waals surface area contributed by atoms with Crippen LogP contribution in [0, 0.1) is 0 Å². The Labute approximate surface area is 164 Å². The van der Waals surface area contributed by atoms with Crippen LogP contribution in [0.5, 0.6) is 5.88 Å². The van der Waals surface area contributed by atoms with Gasteiger partial charge in [0, 0.05) is 39.2 Å². The minimum Gasteiger partial charge on any atom is -0.468 e. The van der Waals surface area contributed by atoms with Crippen LogP contribution in [0.15, 0.2) is 53.4 Å². The summed E-state index contributed by atoms with van der Waals surface area (Å²) in [6.07, 6.45) is 1.63. The number of nitrogens with one attached hydrogen (secondary N) is 1. The molecular weight excluding hydrogens is 388 g/mol. The molecule has 2 heterocycles. The lowest BCUT2D eigenvalue weighted by Gasteiger charge is -2.08. The smallest absolute Gasteiger partial charge is 0.340 e. The van der Waals surface area contributed by atoms with Gasteiger partial charge in [0.15, 0.2) is 6.61 Å². The maximum absolute atomic E-state index is 12.1. The first kappa shape index (κ1) is 18.9. The van der Waals surface area contributed by atoms with Crippen LogP contribution < -0.4 is 10.1 Å². The highest BCUT2D eigenvalue weighted by atomic mass is 35.5. The summed E-state index contributed by atoms with van der Waals surface area (Å²) in [7, 11) is 1.28. The van der Waals surface area contributed by atoms with Crippen molar-refractivity contribution < 1.29 is 19.1 Å². The summed E-state index contributed by atoms with van der Waals surface area (Å²) < 4.78 is 10.1. The number of esters is 1. The van der Waals surface area contributed by atoms with E-state index < -0.39 is 11.9 Å². The van der Waals surface area contributed by atoms with Gasteiger partial charge in [-0.05, 0) is 12.1 Å². The molecule has 138 valence electrons. The second-order valence-corrected chi connectivity index (χ2v) is 6.54. The molecule has 1 N–H and O–H groups in total. The van der Waals surface area contributed by atoms with Crippen LogP contribution in [0.1, 0.15) is 10.4 Å². The molecule has 3 aromatic rings. The number of ether oxygens (including phenoxy) is 2. The molecule has 1 amide bonds. The Kier molecular flexibility index (Phi) is 6.05. The fraction of sp³-hybridized carbons (Fsp3) is 0.105. The molecule has 0 aliphatic carbocycles. The van der Waals surface area contributed by atoms with E-state index in [1.165, 1.54) is 18.4 Å². The van der Waals surface area contributed by atoms with Gasteiger partial charge in [-0.3, -0.25) is 4.79 Å². The van der Waals surface area contributed by atoms with Crippen LogP contribution in [-0.2, 0) is 9.53 Å². The fourth-order valence-electron chi connectivity index (χ4n) is 2.31. The SMILES string of the molecule is COC(=O)c1cscc1NC(=O)COc1ccc(-c2ccccc2Cl)cn1. The van der Waals surface area contributed by atoms with E-state index in [4.69, 9.17) is 16.3 Å². The summed E-state index contributed by atoms with van der Waals surface area (Å²) >= 11 is 7.46. The summed E-state index contributed by atoms with van der Waals surface area (Å²) in [5, 5.41) is 6.51. The first-order valence-electron chi connectivity index (χ1n) is 7.86. The molecule has 1 aromatic carbocycles. The first-order valence-corrected chi connectivity index (χ1v) is 9.18. The van der Waals surface area contributed by atoms with Crippen molar-refractivity contribution in [1.82, 2.24) is 4.98 Å². The van der Waals surface area contributed by atoms with Crippen LogP contribution >= 0.6 is 22.9 Å². The molecule has 0 saturated carbocycles. The largest absolute Gasteiger partial charge is 0.468 e. The molecule has 0 spiro atoms. The van der Waals surface area contributed by atoms with Gasteiger partial charge in [-0.15, -0.1) is 11.3 Å². The molecule has 0 unspecified atom stereocenters. The zero-order valence-corrected chi connectivity index (χ0v) is 15.8. The average molecular weight is 403 g/mol. The number of rotatable bonds is 6. The minimum absolute atomic E-state index is 0.241. The number of pyridine rings is 1. The number of carbonyl (C=O) groups excluding carboxylic acids is 2. The Morgan fingerprint density at radius 2 is 2.00 bits per heavy atom. The number of hydrogen-bond acceptors (Lipinski definition) is 6. The molecule has 8 heteroatoms. The van der Waals surface area contributed by atoms with Crippen molar-refractivity contribution in [2.75, 3.05) is 19.0 Å². The van der Waals surface area contributed by atoms with E-state index in [0.29, 0.717) is 22.2 Å². The number of hydrogen-bond donors (Lipinski definition) is 1. The molecule has 0 fully saturated rings. The highest BCUT2D eigenvalue weighted by molar-refractivity contribution is 7.08. The lowest BCUT2D eigenvalue weighted by Crippen LogP contribution is -2.21. The van der Waals surface area contributed by atoms with Crippen LogP contribution in [0.2, 0.25) is 5.02 Å². The maximum atomic E-state index is 12.1. The predicted octanol–water partition coefficient (Wildman–Crippen LogP) is 4.27. The molecule has 6 nitrogen and oxygen atoms in total. The first-order chi connectivity index (χ1) is 13.1. The van der Waals surface area contributed by atoms with Gasteiger partial charge in [0.05, 0.1) is 18.4 Å². The van der Waals surface area contributed by atoms with Crippen molar-refractivity contribution in [3.8, 4) is 17.0 Å². The monoisotopic (exact) mass is 402 g/mol. The number of carbonyl (C=O) groups is 2. The van der Waals surface area contributed by atoms with Crippen molar-refractivity contribution in [1.29, 1.82) is 0 Å². The highest BCUT2D eigenvalue weighted by Crippen LogP contribution is 2.27. The minimum atomic E-state index is -0.510. The Morgan fingerprint density at radius 1 is 1.19 bits per heavy atom. The molecule has 27 heavy (non-hydrogen) atoms. The number of aromatic nitrogens is 1. The van der Waals surface area contributed by atoms with E-state index in [0.717, 1.165) is 11.1 Å². The third kappa shape index (κ3) is 4.64. The van der Waals surface area contributed by atoms with Gasteiger partial charge in [0.2, 0.25) is 5.88 Å². The van der Waals surface area contributed by atoms with Crippen LogP contribution in [0.3, 0.4) is 0 Å². The van der Waals surface area contributed by atoms with Crippen molar-refractivity contribution in [3.63, 3.8) is 0 Å². The molecule has 0 bridgehead atoms. The molecule has 0 radical (unpaired) electrons. The second-order valence-electron chi connectivity index (χ2n) is 5.39. The lowest BCUT2D eigenvalue weighted by atomic mass is 10.1. The number of thiophene rings is 1. The zero-order chi connectivity index (χ0) is 19.2. The quantitative estimate of drug-likeness (QED) is 0.623. The molecule has 0 atom stereocenters. The van der Waals surface area contributed by atoms with Crippen molar-refractivity contribution >= 4 is 40.5 Å². The van der Waals surface area contributed by atoms with Crippen LogP contribution in [0.4, 0.5) is 5.69 Å². The Hall–Kier alpha value is -2.90. The average Bonchev–Trinajstić information content (AvgIpc) is 3.14. The lowest BCUT2D eigenvalue weighted by molar-refractivity contribution is -0.118. The van der Waals surface area contributed by atoms with Crippen molar-refractivity contribution in [3.05, 3.63) is 63.9 Å². The third-order valence-electron chi connectivity index (χ3n) is 3.61. The van der Waals surface area contributed by atoms with Gasteiger partial charge >= 0.3 is 5.97 Å². The third-order valence-corrected chi connectivity index (χ3v) is 4.69. The number of amides is 1. The van der Waals surface area contributed by atoms with E-state index >= 15 is 0 Å². The van der Waals surface area contributed by atoms with Gasteiger partial charge in [-0.2, -0.15) is 0 Å². The Bertz CT molecular complexity index is 956. The van der Waals surface area contributed by atoms with Gasteiger partial charge in [0.25, 0.3) is 5.91 Å². The van der Waals surface area contributed by atoms with Gasteiger partial charge in [0.1, 0.15) is 0 Å². The molecule has 3 rings (SSSR count). The zero-order valence-electron chi connectivity index (χ0n) is 14.3. The molecular formula is C19H15ClN2O4S. The number of halogens is 1. The number of benzene rings is 1. The number of anilines is 1. The molecule has 0 saturated heterocycles. The van der Waals surface area contributed by atoms with E-state index in [9.17, 15) is 9.59 Å². The summed E-state index contributed by atoms with van der Waals surface area (Å²) in [6.45, 7) is -0.241. The van der Waals surface area contributed by atoms with Crippen LogP contribution in [0.25, 0.3) is 11.1 Å². The Balaban J connectivity index is 1.59. The van der Waals surface area contributed by atoms with Crippen molar-refractivity contribution in [2.45, 2.75) is 0 Å². The summed E-state index contributed by atoms with van der Waals surface area (Å²) in [4.78, 5) is 27.9. The summed E-state index contributed by atoms with van der Waals surface area (Å²) in [5.41, 5.74) is 2.41. The predicted molar refractivity (Wildman–Crippen MR) is 104 cm³/mol. The van der Waals surface area contributed by atoms with Gasteiger partial charge < -0.3 is 14.8 Å². The van der Waals surface area contributed by atoms with E-state index in [1.54, 1.807) is 29.1 Å². The number of methoxy groups -OCH3 is 1. The number of nitrogens with zero attached hydrogens (tertiary/aromatic N) is 1. The Morgan fingerprint density at radius 3 is 2.70 bits per heavy atom. The standard InChI is InChI=1S/C19H15ClN2O4S/c1-25-19(24)14-10-27-11-16(14)22-17(23)9-26-18-7-6-12(8-21-18)13-4-2-3-5-15(13)20/h2-8,10-11H,9H2,1H3,(H,22,23). The molecule has 2 aromatic heterocycles. The van der Waals surface area contributed by atoms with E-state index in [2.05, 4.69) is 15.0 Å². The summed E-state index contributed by atoms with van der Waals surface area (Å²) in [6, 6.07) is 10.9. The topological polar surface area (TPSA) is 77.5 Å². The van der Waals surface area contributed by atoms with Crippen molar-refractivity contribution in [2.24, 2.45) is 0 Å². The normalized spacial score (nSPS) is 10.3. The molecule has 0 aliphatic heterocycles. The van der Waals surface area contributed by atoms with Crippen LogP contribution in [-0.4, -0.2) is 30.6 Å². The summed E-state index contributed by atoms with van der Waals surface area (Å²) in [5.74, 6) is -0.612. The fourth-order valence-corrected chi connectivity index (χ4v) is 3.30. The second kappa shape index (κ2) is 8.66. The van der Waals surface area contributed by atoms with E-state index in [-0.39, 0.29) is 6.61 Å². The molecule has 0 aliphatic rings.